The van der Waals surface area contributed by atoms with E-state index in [1.807, 2.05) is 0 Å². The molecule has 0 radical (unpaired) electrons. The number of hydrogen-bond acceptors (Lipinski definition) is 4. The Morgan fingerprint density at radius 2 is 0.980 bits per heavy atom. The summed E-state index contributed by atoms with van der Waals surface area (Å²) < 4.78 is 6.00. The Morgan fingerprint density at radius 1 is 0.540 bits per heavy atom. The van der Waals surface area contributed by atoms with E-state index in [0.717, 1.165) is 103 Å². The van der Waals surface area contributed by atoms with Crippen LogP contribution in [0.25, 0.3) is 0 Å². The minimum Gasteiger partial charge on any atom is -0.480 e. The number of carbonyl (C=O) groups is 3. The van der Waals surface area contributed by atoms with Crippen molar-refractivity contribution in [3.63, 3.8) is 0 Å². The van der Waals surface area contributed by atoms with Crippen LogP contribution in [-0.2, 0) is 19.1 Å². The van der Waals surface area contributed by atoms with Crippen molar-refractivity contribution in [2.75, 3.05) is 6.54 Å². The van der Waals surface area contributed by atoms with Crippen LogP contribution < -0.4 is 5.32 Å². The molecule has 0 aliphatic carbocycles. The average molecular weight is 698 g/mol. The first-order valence-corrected chi connectivity index (χ1v) is 20.4. The second kappa shape index (κ2) is 38.9. The van der Waals surface area contributed by atoms with Crippen LogP contribution in [0.1, 0.15) is 187 Å². The van der Waals surface area contributed by atoms with Gasteiger partial charge in [0.15, 0.2) is 0 Å². The maximum Gasteiger partial charge on any atom is 0.322 e. The molecule has 0 aliphatic heterocycles. The SMILES string of the molecule is CC/C=C\C/C=C\C/C=C\C/C=C\CCCCC(CCCCCCCC(=O)NCC(=O)O)OC(=O)CCCCCCC/C=C\CCCCCC. The highest BCUT2D eigenvalue weighted by molar-refractivity contribution is 5.80. The van der Waals surface area contributed by atoms with Crippen molar-refractivity contribution in [1.82, 2.24) is 5.32 Å². The summed E-state index contributed by atoms with van der Waals surface area (Å²) in [6.07, 6.45) is 50.5. The van der Waals surface area contributed by atoms with Crippen molar-refractivity contribution in [1.29, 1.82) is 0 Å². The molecule has 2 N–H and O–H groups in total. The summed E-state index contributed by atoms with van der Waals surface area (Å²) in [5, 5.41) is 11.1. The van der Waals surface area contributed by atoms with E-state index in [-0.39, 0.29) is 24.5 Å². The highest BCUT2D eigenvalue weighted by Crippen LogP contribution is 2.18. The number of esters is 1. The van der Waals surface area contributed by atoms with Gasteiger partial charge in [-0.05, 0) is 103 Å². The smallest absolute Gasteiger partial charge is 0.322 e. The minimum atomic E-state index is -1.02. The van der Waals surface area contributed by atoms with Crippen LogP contribution >= 0.6 is 0 Å². The molecule has 0 aromatic heterocycles. The van der Waals surface area contributed by atoms with Gasteiger partial charge < -0.3 is 15.2 Å². The lowest BCUT2D eigenvalue weighted by atomic mass is 10.0. The van der Waals surface area contributed by atoms with Gasteiger partial charge in [0.2, 0.25) is 5.91 Å². The van der Waals surface area contributed by atoms with E-state index >= 15 is 0 Å². The standard InChI is InChI=1S/C44H75NO5/c1-3-5-7-9-11-13-15-17-18-20-21-23-25-28-32-36-41(37-33-29-27-30-34-38-42(46)45-40-43(47)48)50-44(49)39-35-31-26-24-22-19-16-14-12-10-8-6-4-2/h5,7,11,13-14,16-18,21,23,41H,3-4,6,8-10,12,15,19-20,22,24-40H2,1-2H3,(H,45,46)(H,47,48)/b7-5-,13-11-,16-14-,18-17-,23-21-. The molecule has 1 amide bonds. The Balaban J connectivity index is 4.32. The summed E-state index contributed by atoms with van der Waals surface area (Å²) in [7, 11) is 0. The molecule has 0 rings (SSSR count). The maximum absolute atomic E-state index is 12.7. The number of amides is 1. The summed E-state index contributed by atoms with van der Waals surface area (Å²) in [6, 6.07) is 0. The molecule has 0 fully saturated rings. The molecule has 6 heteroatoms. The zero-order valence-corrected chi connectivity index (χ0v) is 32.2. The molecule has 286 valence electrons. The zero-order chi connectivity index (χ0) is 36.6. The zero-order valence-electron chi connectivity index (χ0n) is 32.2. The first kappa shape index (κ1) is 47.1. The molecule has 6 nitrogen and oxygen atoms in total. The van der Waals surface area contributed by atoms with Gasteiger partial charge >= 0.3 is 11.9 Å². The van der Waals surface area contributed by atoms with Crippen LogP contribution in [0.3, 0.4) is 0 Å². The van der Waals surface area contributed by atoms with Gasteiger partial charge in [-0.15, -0.1) is 0 Å². The van der Waals surface area contributed by atoms with Gasteiger partial charge in [0.1, 0.15) is 12.6 Å². The minimum absolute atomic E-state index is 0.0181. The van der Waals surface area contributed by atoms with Gasteiger partial charge in [0.05, 0.1) is 0 Å². The lowest BCUT2D eigenvalue weighted by Crippen LogP contribution is -2.28. The van der Waals surface area contributed by atoms with Gasteiger partial charge in [-0.25, -0.2) is 0 Å². The normalized spacial score (nSPS) is 12.7. The fourth-order valence-corrected chi connectivity index (χ4v) is 5.68. The molecule has 0 saturated heterocycles. The van der Waals surface area contributed by atoms with Crippen LogP contribution in [0, 0.1) is 0 Å². The average Bonchev–Trinajstić information content (AvgIpc) is 3.10. The quantitative estimate of drug-likeness (QED) is 0.0386. The largest absolute Gasteiger partial charge is 0.480 e. The molecular weight excluding hydrogens is 622 g/mol. The molecule has 0 aromatic rings. The lowest BCUT2D eigenvalue weighted by Gasteiger charge is -2.18. The van der Waals surface area contributed by atoms with E-state index in [2.05, 4.69) is 79.9 Å². The number of rotatable bonds is 36. The lowest BCUT2D eigenvalue weighted by molar-refractivity contribution is -0.150. The Kier molecular flexibility index (Phi) is 36.7. The molecular formula is C44H75NO5. The summed E-state index contributed by atoms with van der Waals surface area (Å²) in [5.41, 5.74) is 0. The fraction of sp³-hybridized carbons (Fsp3) is 0.705. The van der Waals surface area contributed by atoms with Crippen LogP contribution in [0.15, 0.2) is 60.8 Å². The van der Waals surface area contributed by atoms with E-state index in [0.29, 0.717) is 12.8 Å². The summed E-state index contributed by atoms with van der Waals surface area (Å²) in [6.45, 7) is 4.08. The van der Waals surface area contributed by atoms with Gasteiger partial charge in [0.25, 0.3) is 0 Å². The molecule has 0 spiro atoms. The molecule has 0 aromatic carbocycles. The summed E-state index contributed by atoms with van der Waals surface area (Å²) >= 11 is 0. The van der Waals surface area contributed by atoms with Crippen LogP contribution in [0.2, 0.25) is 0 Å². The number of nitrogens with one attached hydrogen (secondary N) is 1. The van der Waals surface area contributed by atoms with E-state index in [1.54, 1.807) is 0 Å². The molecule has 0 heterocycles. The Morgan fingerprint density at radius 3 is 1.56 bits per heavy atom. The molecule has 0 bridgehead atoms. The molecule has 50 heavy (non-hydrogen) atoms. The van der Waals surface area contributed by atoms with Crippen LogP contribution in [-0.4, -0.2) is 35.6 Å². The number of ether oxygens (including phenoxy) is 1. The predicted molar refractivity (Wildman–Crippen MR) is 212 cm³/mol. The first-order chi connectivity index (χ1) is 24.5. The topological polar surface area (TPSA) is 92.7 Å². The highest BCUT2D eigenvalue weighted by Gasteiger charge is 2.14. The van der Waals surface area contributed by atoms with Crippen molar-refractivity contribution in [2.45, 2.75) is 193 Å². The number of unbranched alkanes of at least 4 members (excludes halogenated alkanes) is 15. The molecule has 1 unspecified atom stereocenters. The third-order valence-electron chi connectivity index (χ3n) is 8.67. The van der Waals surface area contributed by atoms with Crippen molar-refractivity contribution < 1.29 is 24.2 Å². The summed E-state index contributed by atoms with van der Waals surface area (Å²) in [4.78, 5) is 35.0. The highest BCUT2D eigenvalue weighted by atomic mass is 16.5. The molecule has 1 atom stereocenters. The number of carboxylic acid groups (broad SMARTS) is 1. The fourth-order valence-electron chi connectivity index (χ4n) is 5.68. The van der Waals surface area contributed by atoms with Crippen LogP contribution in [0.4, 0.5) is 0 Å². The Labute approximate surface area is 307 Å². The third-order valence-corrected chi connectivity index (χ3v) is 8.67. The Bertz CT molecular complexity index is 948. The maximum atomic E-state index is 12.7. The monoisotopic (exact) mass is 698 g/mol. The summed E-state index contributed by atoms with van der Waals surface area (Å²) in [5.74, 6) is -1.27. The van der Waals surface area contributed by atoms with Crippen molar-refractivity contribution in [3.8, 4) is 0 Å². The number of aliphatic carboxylic acids is 1. The third kappa shape index (κ3) is 37.9. The van der Waals surface area contributed by atoms with Gasteiger partial charge in [0, 0.05) is 12.8 Å². The second-order valence-electron chi connectivity index (χ2n) is 13.5. The number of carboxylic acids is 1. The number of allylic oxidation sites excluding steroid dienone is 10. The van der Waals surface area contributed by atoms with E-state index in [9.17, 15) is 14.4 Å². The molecule has 0 saturated carbocycles. The van der Waals surface area contributed by atoms with Crippen molar-refractivity contribution >= 4 is 17.8 Å². The van der Waals surface area contributed by atoms with E-state index < -0.39 is 5.97 Å². The Hall–Kier alpha value is -2.89. The van der Waals surface area contributed by atoms with Gasteiger partial charge in [-0.1, -0.05) is 132 Å². The van der Waals surface area contributed by atoms with Gasteiger partial charge in [-0.2, -0.15) is 0 Å². The van der Waals surface area contributed by atoms with Crippen LogP contribution in [0.5, 0.6) is 0 Å². The van der Waals surface area contributed by atoms with E-state index in [4.69, 9.17) is 9.84 Å². The predicted octanol–water partition coefficient (Wildman–Crippen LogP) is 12.5. The number of carbonyl (C=O) groups excluding carboxylic acids is 2. The second-order valence-corrected chi connectivity index (χ2v) is 13.5. The van der Waals surface area contributed by atoms with Gasteiger partial charge in [-0.3, -0.25) is 14.4 Å². The van der Waals surface area contributed by atoms with Crippen molar-refractivity contribution in [3.05, 3.63) is 60.8 Å². The molecule has 0 aliphatic rings. The van der Waals surface area contributed by atoms with E-state index in [1.165, 1.54) is 57.8 Å². The first-order valence-electron chi connectivity index (χ1n) is 20.4. The number of hydrogen-bond donors (Lipinski definition) is 2. The van der Waals surface area contributed by atoms with Crippen molar-refractivity contribution in [2.24, 2.45) is 0 Å².